The van der Waals surface area contributed by atoms with E-state index in [9.17, 15) is 14.7 Å². The highest BCUT2D eigenvalue weighted by Gasteiger charge is 2.30. The third-order valence-corrected chi connectivity index (χ3v) is 5.20. The number of likely N-dealkylation sites (tertiary alicyclic amines) is 2. The summed E-state index contributed by atoms with van der Waals surface area (Å²) in [6, 6.07) is 2.04. The van der Waals surface area contributed by atoms with Crippen LogP contribution in [0.3, 0.4) is 0 Å². The van der Waals surface area contributed by atoms with E-state index in [0.717, 1.165) is 25.7 Å². The number of aromatic nitrogens is 2. The molecule has 7 nitrogen and oxygen atoms in total. The Labute approximate surface area is 142 Å². The van der Waals surface area contributed by atoms with Crippen LogP contribution in [0.4, 0.5) is 0 Å². The van der Waals surface area contributed by atoms with Crippen LogP contribution in [0.2, 0.25) is 0 Å². The summed E-state index contributed by atoms with van der Waals surface area (Å²) in [6.45, 7) is 2.07. The molecule has 1 aromatic rings. The zero-order valence-corrected chi connectivity index (χ0v) is 14.2. The molecule has 3 heterocycles. The molecule has 0 spiro atoms. The van der Waals surface area contributed by atoms with Crippen LogP contribution in [0.1, 0.15) is 43.7 Å². The minimum absolute atomic E-state index is 0.0130. The Morgan fingerprint density at radius 1 is 1.25 bits per heavy atom. The Morgan fingerprint density at radius 3 is 2.67 bits per heavy atom. The fraction of sp³-hybridized carbons (Fsp3) is 0.706. The van der Waals surface area contributed by atoms with Gasteiger partial charge in [-0.1, -0.05) is 0 Å². The summed E-state index contributed by atoms with van der Waals surface area (Å²) in [5, 5.41) is 14.0. The molecule has 2 amide bonds. The van der Waals surface area contributed by atoms with Crippen molar-refractivity contribution in [1.29, 1.82) is 0 Å². The summed E-state index contributed by atoms with van der Waals surface area (Å²) in [6.07, 6.45) is 4.87. The highest BCUT2D eigenvalue weighted by molar-refractivity contribution is 5.87. The third-order valence-electron chi connectivity index (χ3n) is 5.20. The maximum atomic E-state index is 12.5. The number of nitrogens with zero attached hydrogens (tertiary/aromatic N) is 4. The van der Waals surface area contributed by atoms with Gasteiger partial charge in [-0.05, 0) is 38.2 Å². The second kappa shape index (κ2) is 7.34. The molecule has 1 aromatic heterocycles. The van der Waals surface area contributed by atoms with Gasteiger partial charge in [0.05, 0.1) is 6.54 Å². The zero-order valence-electron chi connectivity index (χ0n) is 14.2. The first-order valence-corrected chi connectivity index (χ1v) is 8.79. The van der Waals surface area contributed by atoms with E-state index in [1.165, 1.54) is 10.6 Å². The first-order valence-electron chi connectivity index (χ1n) is 8.79. The van der Waals surface area contributed by atoms with Crippen molar-refractivity contribution < 1.29 is 14.7 Å². The lowest BCUT2D eigenvalue weighted by Gasteiger charge is -2.33. The molecule has 24 heavy (non-hydrogen) atoms. The molecule has 2 aliphatic heterocycles. The molecule has 7 heteroatoms. The lowest BCUT2D eigenvalue weighted by Crippen LogP contribution is -2.47. The minimum atomic E-state index is -0.948. The third kappa shape index (κ3) is 3.61. The number of rotatable bonds is 3. The maximum absolute atomic E-state index is 12.5. The van der Waals surface area contributed by atoms with Gasteiger partial charge in [-0.25, -0.2) is 0 Å². The molecule has 2 saturated heterocycles. The zero-order chi connectivity index (χ0) is 17.1. The summed E-state index contributed by atoms with van der Waals surface area (Å²) in [5.74, 6) is 0.120. The van der Waals surface area contributed by atoms with Crippen LogP contribution in [0, 0.1) is 0 Å². The van der Waals surface area contributed by atoms with Crippen LogP contribution >= 0.6 is 0 Å². The van der Waals surface area contributed by atoms with Crippen LogP contribution in [0.25, 0.3) is 0 Å². The maximum Gasteiger partial charge on any atom is 0.251 e. The average molecular weight is 334 g/mol. The molecule has 132 valence electrons. The van der Waals surface area contributed by atoms with Gasteiger partial charge in [-0.3, -0.25) is 14.3 Å². The standard InChI is InChI=1S/C17H26N4O3/c1-19-14(5-8-18-19)13-6-10-20(11-7-13)16(23)12-21-9-3-2-4-15(22)17(21)24/h5,8,13,15,22H,2-4,6-7,9-12H2,1H3. The van der Waals surface area contributed by atoms with Crippen molar-refractivity contribution in [2.24, 2.45) is 7.05 Å². The smallest absolute Gasteiger partial charge is 0.251 e. The molecular weight excluding hydrogens is 308 g/mol. The van der Waals surface area contributed by atoms with Crippen LogP contribution < -0.4 is 0 Å². The fourth-order valence-electron chi connectivity index (χ4n) is 3.71. The van der Waals surface area contributed by atoms with E-state index >= 15 is 0 Å². The molecule has 2 fully saturated rings. The Kier molecular flexibility index (Phi) is 5.18. The molecule has 1 N–H and O–H groups in total. The van der Waals surface area contributed by atoms with E-state index in [1.54, 1.807) is 0 Å². The SMILES string of the molecule is Cn1nccc1C1CCN(C(=O)CN2CCCCC(O)C2=O)CC1. The number of hydrogen-bond acceptors (Lipinski definition) is 4. The number of aliphatic hydroxyl groups excluding tert-OH is 1. The number of aryl methyl sites for hydroxylation is 1. The number of carbonyl (C=O) groups is 2. The Morgan fingerprint density at radius 2 is 2.00 bits per heavy atom. The Hall–Kier alpha value is -1.89. The molecule has 0 bridgehead atoms. The molecule has 1 atom stereocenters. The second-order valence-corrected chi connectivity index (χ2v) is 6.81. The van der Waals surface area contributed by atoms with Crippen LogP contribution in [-0.4, -0.2) is 68.8 Å². The van der Waals surface area contributed by atoms with Crippen molar-refractivity contribution in [2.45, 2.75) is 44.1 Å². The van der Waals surface area contributed by atoms with Crippen molar-refractivity contribution in [2.75, 3.05) is 26.2 Å². The lowest BCUT2D eigenvalue weighted by molar-refractivity contribution is -0.145. The van der Waals surface area contributed by atoms with Gasteiger partial charge in [-0.2, -0.15) is 5.10 Å². The van der Waals surface area contributed by atoms with Gasteiger partial charge in [0.1, 0.15) is 6.10 Å². The van der Waals surface area contributed by atoms with Gasteiger partial charge in [-0.15, -0.1) is 0 Å². The number of amides is 2. The predicted molar refractivity (Wildman–Crippen MR) is 88.2 cm³/mol. The summed E-state index contributed by atoms with van der Waals surface area (Å²) >= 11 is 0. The molecule has 0 saturated carbocycles. The second-order valence-electron chi connectivity index (χ2n) is 6.81. The van der Waals surface area contributed by atoms with E-state index in [1.807, 2.05) is 28.9 Å². The van der Waals surface area contributed by atoms with E-state index in [2.05, 4.69) is 5.10 Å². The summed E-state index contributed by atoms with van der Waals surface area (Å²) in [7, 11) is 1.95. The van der Waals surface area contributed by atoms with Crippen molar-refractivity contribution in [3.63, 3.8) is 0 Å². The summed E-state index contributed by atoms with van der Waals surface area (Å²) in [5.41, 5.74) is 1.22. The molecule has 0 radical (unpaired) electrons. The van der Waals surface area contributed by atoms with Crippen molar-refractivity contribution in [1.82, 2.24) is 19.6 Å². The Balaban J connectivity index is 1.53. The highest BCUT2D eigenvalue weighted by Crippen LogP contribution is 2.27. The van der Waals surface area contributed by atoms with Gasteiger partial charge < -0.3 is 14.9 Å². The first kappa shape index (κ1) is 17.0. The molecule has 1 unspecified atom stereocenters. The van der Waals surface area contributed by atoms with Gasteiger partial charge in [0.25, 0.3) is 5.91 Å². The molecule has 0 aromatic carbocycles. The van der Waals surface area contributed by atoms with Gasteiger partial charge >= 0.3 is 0 Å². The van der Waals surface area contributed by atoms with E-state index < -0.39 is 6.10 Å². The summed E-state index contributed by atoms with van der Waals surface area (Å²) < 4.78 is 1.90. The number of carbonyl (C=O) groups excluding carboxylic acids is 2. The van der Waals surface area contributed by atoms with Crippen molar-refractivity contribution >= 4 is 11.8 Å². The lowest BCUT2D eigenvalue weighted by atomic mass is 9.93. The van der Waals surface area contributed by atoms with Gasteiger partial charge in [0.2, 0.25) is 5.91 Å². The quantitative estimate of drug-likeness (QED) is 0.873. The largest absolute Gasteiger partial charge is 0.383 e. The normalized spacial score (nSPS) is 23.4. The Bertz CT molecular complexity index is 592. The summed E-state index contributed by atoms with van der Waals surface area (Å²) in [4.78, 5) is 28.0. The fourth-order valence-corrected chi connectivity index (χ4v) is 3.71. The van der Waals surface area contributed by atoms with Crippen LogP contribution in [0.15, 0.2) is 12.3 Å². The topological polar surface area (TPSA) is 78.7 Å². The number of hydrogen-bond donors (Lipinski definition) is 1. The van der Waals surface area contributed by atoms with E-state index in [4.69, 9.17) is 0 Å². The highest BCUT2D eigenvalue weighted by atomic mass is 16.3. The molecular formula is C17H26N4O3. The van der Waals surface area contributed by atoms with Gasteiger partial charge in [0, 0.05) is 44.5 Å². The van der Waals surface area contributed by atoms with Crippen LogP contribution in [-0.2, 0) is 16.6 Å². The predicted octanol–water partition coefficient (Wildman–Crippen LogP) is 0.499. The number of aliphatic hydroxyl groups is 1. The number of piperidine rings is 1. The van der Waals surface area contributed by atoms with Crippen molar-refractivity contribution in [3.8, 4) is 0 Å². The molecule has 2 aliphatic rings. The minimum Gasteiger partial charge on any atom is -0.383 e. The van der Waals surface area contributed by atoms with E-state index in [0.29, 0.717) is 32.0 Å². The molecule has 0 aliphatic carbocycles. The van der Waals surface area contributed by atoms with Crippen LogP contribution in [0.5, 0.6) is 0 Å². The molecule has 3 rings (SSSR count). The van der Waals surface area contributed by atoms with E-state index in [-0.39, 0.29) is 18.4 Å². The average Bonchev–Trinajstić information content (AvgIpc) is 2.96. The first-order chi connectivity index (χ1) is 11.6. The van der Waals surface area contributed by atoms with Gasteiger partial charge in [0.15, 0.2) is 0 Å². The monoisotopic (exact) mass is 334 g/mol. The van der Waals surface area contributed by atoms with Crippen molar-refractivity contribution in [3.05, 3.63) is 18.0 Å².